The minimum absolute atomic E-state index is 0.103. The molecule has 0 bridgehead atoms. The average Bonchev–Trinajstić information content (AvgIpc) is 2.92. The first-order valence-electron chi connectivity index (χ1n) is 7.28. The Balaban J connectivity index is 2.25. The number of amides is 1. The predicted octanol–water partition coefficient (Wildman–Crippen LogP) is 3.10. The Morgan fingerprint density at radius 1 is 1.29 bits per heavy atom. The van der Waals surface area contributed by atoms with Gasteiger partial charge >= 0.3 is 0 Å². The molecule has 0 saturated carbocycles. The second-order valence-corrected chi connectivity index (χ2v) is 4.86. The standard InChI is InChI=1S/C16H20FN3O/c1-3-5-10-18-16(21)14-11-19-20(15(14)4-2)13-8-6-12(17)7-9-13/h6-9,11H,3-5,10H2,1-2H3,(H,18,21). The summed E-state index contributed by atoms with van der Waals surface area (Å²) in [6, 6.07) is 6.08. The van der Waals surface area contributed by atoms with Crippen LogP contribution < -0.4 is 5.32 Å². The largest absolute Gasteiger partial charge is 0.352 e. The van der Waals surface area contributed by atoms with Crippen LogP contribution in [0.5, 0.6) is 0 Å². The van der Waals surface area contributed by atoms with E-state index in [1.165, 1.54) is 12.1 Å². The smallest absolute Gasteiger partial charge is 0.254 e. The summed E-state index contributed by atoms with van der Waals surface area (Å²) in [5, 5.41) is 7.17. The molecule has 1 amide bonds. The van der Waals surface area contributed by atoms with E-state index in [0.29, 0.717) is 18.5 Å². The molecule has 0 unspecified atom stereocenters. The molecule has 1 N–H and O–H groups in total. The number of nitrogens with zero attached hydrogens (tertiary/aromatic N) is 2. The van der Waals surface area contributed by atoms with Crippen molar-refractivity contribution in [2.24, 2.45) is 0 Å². The van der Waals surface area contributed by atoms with Gasteiger partial charge < -0.3 is 5.32 Å². The number of hydrogen-bond donors (Lipinski definition) is 1. The van der Waals surface area contributed by atoms with Crippen LogP contribution in [0.15, 0.2) is 30.5 Å². The van der Waals surface area contributed by atoms with Crippen LogP contribution >= 0.6 is 0 Å². The summed E-state index contributed by atoms with van der Waals surface area (Å²) in [4.78, 5) is 12.2. The number of halogens is 1. The van der Waals surface area contributed by atoms with Gasteiger partial charge in [-0.15, -0.1) is 0 Å². The Morgan fingerprint density at radius 3 is 2.62 bits per heavy atom. The van der Waals surface area contributed by atoms with Gasteiger partial charge in [0.05, 0.1) is 23.1 Å². The number of rotatable bonds is 6. The van der Waals surface area contributed by atoms with Crippen LogP contribution in [0, 0.1) is 5.82 Å². The summed E-state index contributed by atoms with van der Waals surface area (Å²) in [7, 11) is 0. The lowest BCUT2D eigenvalue weighted by Crippen LogP contribution is -2.25. The molecule has 5 heteroatoms. The fraction of sp³-hybridized carbons (Fsp3) is 0.375. The molecular formula is C16H20FN3O. The monoisotopic (exact) mass is 289 g/mol. The number of unbranched alkanes of at least 4 members (excludes halogenated alkanes) is 1. The van der Waals surface area contributed by atoms with Gasteiger partial charge in [-0.2, -0.15) is 5.10 Å². The molecule has 112 valence electrons. The zero-order chi connectivity index (χ0) is 15.2. The van der Waals surface area contributed by atoms with Gasteiger partial charge in [0.25, 0.3) is 5.91 Å². The summed E-state index contributed by atoms with van der Waals surface area (Å²) in [6.07, 6.45) is 4.24. The molecule has 2 aromatic rings. The number of carbonyl (C=O) groups is 1. The van der Waals surface area contributed by atoms with E-state index in [1.54, 1.807) is 23.0 Å². The van der Waals surface area contributed by atoms with Crippen molar-refractivity contribution in [3.63, 3.8) is 0 Å². The van der Waals surface area contributed by atoms with Crippen molar-refractivity contribution in [1.29, 1.82) is 0 Å². The Labute approximate surface area is 124 Å². The molecule has 1 aromatic carbocycles. The Bertz CT molecular complexity index is 604. The lowest BCUT2D eigenvalue weighted by atomic mass is 10.2. The summed E-state index contributed by atoms with van der Waals surface area (Å²) in [5.74, 6) is -0.393. The first-order valence-corrected chi connectivity index (χ1v) is 7.28. The maximum atomic E-state index is 13.0. The maximum Gasteiger partial charge on any atom is 0.254 e. The van der Waals surface area contributed by atoms with Gasteiger partial charge in [0.15, 0.2) is 0 Å². The minimum Gasteiger partial charge on any atom is -0.352 e. The second-order valence-electron chi connectivity index (χ2n) is 4.86. The van der Waals surface area contributed by atoms with Crippen LogP contribution in [0.2, 0.25) is 0 Å². The van der Waals surface area contributed by atoms with E-state index in [4.69, 9.17) is 0 Å². The topological polar surface area (TPSA) is 46.9 Å². The minimum atomic E-state index is -0.290. The SMILES string of the molecule is CCCCNC(=O)c1cnn(-c2ccc(F)cc2)c1CC. The van der Waals surface area contributed by atoms with Crippen molar-refractivity contribution >= 4 is 5.91 Å². The van der Waals surface area contributed by atoms with Gasteiger partial charge in [-0.3, -0.25) is 4.79 Å². The van der Waals surface area contributed by atoms with Crippen LogP contribution in [0.3, 0.4) is 0 Å². The van der Waals surface area contributed by atoms with Crippen molar-refractivity contribution in [3.8, 4) is 5.69 Å². The molecule has 2 rings (SSSR count). The number of hydrogen-bond acceptors (Lipinski definition) is 2. The predicted molar refractivity (Wildman–Crippen MR) is 80.1 cm³/mol. The summed E-state index contributed by atoms with van der Waals surface area (Å²) < 4.78 is 14.7. The molecule has 0 saturated heterocycles. The Morgan fingerprint density at radius 2 is 2.00 bits per heavy atom. The molecule has 0 atom stereocenters. The Kier molecular flexibility index (Phi) is 5.09. The van der Waals surface area contributed by atoms with Gasteiger partial charge in [0.1, 0.15) is 5.82 Å². The van der Waals surface area contributed by atoms with E-state index >= 15 is 0 Å². The molecule has 21 heavy (non-hydrogen) atoms. The van der Waals surface area contributed by atoms with Crippen molar-refractivity contribution < 1.29 is 9.18 Å². The van der Waals surface area contributed by atoms with Gasteiger partial charge in [0, 0.05) is 6.54 Å². The highest BCUT2D eigenvalue weighted by Crippen LogP contribution is 2.16. The van der Waals surface area contributed by atoms with Crippen LogP contribution in [-0.4, -0.2) is 22.2 Å². The quantitative estimate of drug-likeness (QED) is 0.831. The molecule has 0 aliphatic carbocycles. The molecule has 0 aliphatic heterocycles. The van der Waals surface area contributed by atoms with Crippen LogP contribution in [0.1, 0.15) is 42.7 Å². The fourth-order valence-corrected chi connectivity index (χ4v) is 2.18. The van der Waals surface area contributed by atoms with Crippen molar-refractivity contribution in [3.05, 3.63) is 47.5 Å². The molecule has 0 fully saturated rings. The zero-order valence-corrected chi connectivity index (χ0v) is 12.4. The first-order chi connectivity index (χ1) is 10.2. The van der Waals surface area contributed by atoms with E-state index in [0.717, 1.165) is 24.2 Å². The highest BCUT2D eigenvalue weighted by molar-refractivity contribution is 5.95. The molecule has 1 heterocycles. The third-order valence-electron chi connectivity index (χ3n) is 3.34. The highest BCUT2D eigenvalue weighted by Gasteiger charge is 2.16. The first kappa shape index (κ1) is 15.2. The van der Waals surface area contributed by atoms with Crippen molar-refractivity contribution in [2.45, 2.75) is 33.1 Å². The lowest BCUT2D eigenvalue weighted by Gasteiger charge is -2.08. The molecule has 1 aromatic heterocycles. The van der Waals surface area contributed by atoms with Gasteiger partial charge in [-0.25, -0.2) is 9.07 Å². The maximum absolute atomic E-state index is 13.0. The van der Waals surface area contributed by atoms with Crippen LogP contribution in [-0.2, 0) is 6.42 Å². The van der Waals surface area contributed by atoms with Gasteiger partial charge in [0.2, 0.25) is 0 Å². The molecule has 0 aliphatic rings. The Hall–Kier alpha value is -2.17. The normalized spacial score (nSPS) is 10.6. The fourth-order valence-electron chi connectivity index (χ4n) is 2.18. The molecule has 0 radical (unpaired) electrons. The number of aromatic nitrogens is 2. The summed E-state index contributed by atoms with van der Waals surface area (Å²) in [6.45, 7) is 4.72. The number of carbonyl (C=O) groups excluding carboxylic acids is 1. The molecular weight excluding hydrogens is 269 g/mol. The number of benzene rings is 1. The van der Waals surface area contributed by atoms with E-state index in [1.807, 2.05) is 6.92 Å². The lowest BCUT2D eigenvalue weighted by molar-refractivity contribution is 0.0952. The second kappa shape index (κ2) is 7.02. The van der Waals surface area contributed by atoms with E-state index in [-0.39, 0.29) is 11.7 Å². The van der Waals surface area contributed by atoms with E-state index in [9.17, 15) is 9.18 Å². The number of nitrogens with one attached hydrogen (secondary N) is 1. The van der Waals surface area contributed by atoms with E-state index in [2.05, 4.69) is 17.3 Å². The van der Waals surface area contributed by atoms with Crippen molar-refractivity contribution in [2.75, 3.05) is 6.54 Å². The molecule has 4 nitrogen and oxygen atoms in total. The third kappa shape index (κ3) is 3.48. The summed E-state index contributed by atoms with van der Waals surface area (Å²) >= 11 is 0. The van der Waals surface area contributed by atoms with Gasteiger partial charge in [-0.1, -0.05) is 20.3 Å². The van der Waals surface area contributed by atoms with Crippen LogP contribution in [0.4, 0.5) is 4.39 Å². The zero-order valence-electron chi connectivity index (χ0n) is 12.4. The van der Waals surface area contributed by atoms with Gasteiger partial charge in [-0.05, 0) is 37.1 Å². The summed E-state index contributed by atoms with van der Waals surface area (Å²) in [5.41, 5.74) is 2.16. The van der Waals surface area contributed by atoms with Crippen LogP contribution in [0.25, 0.3) is 5.69 Å². The third-order valence-corrected chi connectivity index (χ3v) is 3.34. The van der Waals surface area contributed by atoms with E-state index < -0.39 is 0 Å². The highest BCUT2D eigenvalue weighted by atomic mass is 19.1. The average molecular weight is 289 g/mol. The van der Waals surface area contributed by atoms with Crippen molar-refractivity contribution in [1.82, 2.24) is 15.1 Å². The molecule has 0 spiro atoms.